The summed E-state index contributed by atoms with van der Waals surface area (Å²) in [5.74, 6) is 0.690. The van der Waals surface area contributed by atoms with E-state index < -0.39 is 6.29 Å². The Morgan fingerprint density at radius 2 is 2.21 bits per heavy atom. The number of aliphatic hydroxyl groups excluding tert-OH is 1. The molecule has 0 saturated heterocycles. The lowest BCUT2D eigenvalue weighted by Gasteiger charge is -2.14. The number of hydrogen-bond acceptors (Lipinski definition) is 2. The SMILES string of the molecule is CCCC(O)Oc1ccc(Cl)cc1C. The first-order chi connectivity index (χ1) is 6.63. The highest BCUT2D eigenvalue weighted by Gasteiger charge is 2.06. The van der Waals surface area contributed by atoms with Crippen LogP contribution in [0.3, 0.4) is 0 Å². The molecule has 0 aliphatic rings. The topological polar surface area (TPSA) is 29.5 Å². The smallest absolute Gasteiger partial charge is 0.197 e. The maximum Gasteiger partial charge on any atom is 0.197 e. The molecule has 1 N–H and O–H groups in total. The van der Waals surface area contributed by atoms with Gasteiger partial charge < -0.3 is 9.84 Å². The molecule has 0 heterocycles. The second kappa shape index (κ2) is 5.23. The van der Waals surface area contributed by atoms with Crippen LogP contribution in [0, 0.1) is 6.92 Å². The molecule has 2 nitrogen and oxygen atoms in total. The maximum absolute atomic E-state index is 9.44. The fourth-order valence-corrected chi connectivity index (χ4v) is 1.42. The molecule has 1 unspecified atom stereocenters. The quantitative estimate of drug-likeness (QED) is 0.781. The summed E-state index contributed by atoms with van der Waals surface area (Å²) in [6, 6.07) is 5.34. The van der Waals surface area contributed by atoms with Crippen molar-refractivity contribution in [2.45, 2.75) is 33.0 Å². The lowest BCUT2D eigenvalue weighted by molar-refractivity contribution is -0.0237. The van der Waals surface area contributed by atoms with Gasteiger partial charge in [-0.2, -0.15) is 0 Å². The lowest BCUT2D eigenvalue weighted by atomic mass is 10.2. The minimum Gasteiger partial charge on any atom is -0.465 e. The van der Waals surface area contributed by atoms with Crippen molar-refractivity contribution in [3.63, 3.8) is 0 Å². The van der Waals surface area contributed by atoms with Crippen LogP contribution in [0.2, 0.25) is 5.02 Å². The largest absolute Gasteiger partial charge is 0.465 e. The molecule has 78 valence electrons. The Kier molecular flexibility index (Phi) is 4.23. The van der Waals surface area contributed by atoms with E-state index in [1.807, 2.05) is 19.9 Å². The van der Waals surface area contributed by atoms with Gasteiger partial charge in [-0.15, -0.1) is 0 Å². The molecular weight excluding hydrogens is 200 g/mol. The van der Waals surface area contributed by atoms with Crippen molar-refractivity contribution < 1.29 is 9.84 Å². The Bertz CT molecular complexity index is 299. The van der Waals surface area contributed by atoms with E-state index in [4.69, 9.17) is 16.3 Å². The maximum atomic E-state index is 9.44. The summed E-state index contributed by atoms with van der Waals surface area (Å²) in [5, 5.41) is 10.1. The van der Waals surface area contributed by atoms with Crippen molar-refractivity contribution in [1.82, 2.24) is 0 Å². The van der Waals surface area contributed by atoms with Gasteiger partial charge in [0, 0.05) is 11.4 Å². The van der Waals surface area contributed by atoms with E-state index in [1.165, 1.54) is 0 Å². The summed E-state index contributed by atoms with van der Waals surface area (Å²) >= 11 is 5.80. The molecule has 0 aromatic heterocycles. The van der Waals surface area contributed by atoms with Gasteiger partial charge in [-0.05, 0) is 30.7 Å². The third-order valence-corrected chi connectivity index (χ3v) is 2.17. The van der Waals surface area contributed by atoms with Gasteiger partial charge >= 0.3 is 0 Å². The van der Waals surface area contributed by atoms with Crippen molar-refractivity contribution in [2.24, 2.45) is 0 Å². The molecule has 1 aromatic carbocycles. The summed E-state index contributed by atoms with van der Waals surface area (Å²) < 4.78 is 5.34. The molecule has 0 spiro atoms. The standard InChI is InChI=1S/C11H15ClO2/c1-3-4-11(13)14-10-6-5-9(12)7-8(10)2/h5-7,11,13H,3-4H2,1-2H3. The van der Waals surface area contributed by atoms with Crippen LogP contribution in [0.4, 0.5) is 0 Å². The molecular formula is C11H15ClO2. The number of benzene rings is 1. The predicted octanol–water partition coefficient (Wildman–Crippen LogP) is 3.15. The highest BCUT2D eigenvalue weighted by Crippen LogP contribution is 2.23. The number of aliphatic hydroxyl groups is 1. The van der Waals surface area contributed by atoms with Crippen molar-refractivity contribution in [2.75, 3.05) is 0 Å². The third-order valence-electron chi connectivity index (χ3n) is 1.94. The molecule has 3 heteroatoms. The highest BCUT2D eigenvalue weighted by atomic mass is 35.5. The van der Waals surface area contributed by atoms with Crippen LogP contribution in [0.1, 0.15) is 25.3 Å². The van der Waals surface area contributed by atoms with Crippen LogP contribution in [-0.2, 0) is 0 Å². The van der Waals surface area contributed by atoms with Crippen molar-refractivity contribution in [1.29, 1.82) is 0 Å². The van der Waals surface area contributed by atoms with Gasteiger partial charge in [0.15, 0.2) is 6.29 Å². The first kappa shape index (κ1) is 11.3. The first-order valence-electron chi connectivity index (χ1n) is 4.74. The van der Waals surface area contributed by atoms with Gasteiger partial charge in [0.1, 0.15) is 5.75 Å². The summed E-state index contributed by atoms with van der Waals surface area (Å²) in [5.41, 5.74) is 0.938. The summed E-state index contributed by atoms with van der Waals surface area (Å²) in [7, 11) is 0. The zero-order chi connectivity index (χ0) is 10.6. The van der Waals surface area contributed by atoms with Crippen LogP contribution in [-0.4, -0.2) is 11.4 Å². The van der Waals surface area contributed by atoms with Gasteiger partial charge in [0.2, 0.25) is 0 Å². The zero-order valence-corrected chi connectivity index (χ0v) is 9.21. The van der Waals surface area contributed by atoms with Crippen LogP contribution in [0.25, 0.3) is 0 Å². The van der Waals surface area contributed by atoms with Crippen LogP contribution < -0.4 is 4.74 Å². The molecule has 1 aromatic rings. The number of rotatable bonds is 4. The monoisotopic (exact) mass is 214 g/mol. The molecule has 0 bridgehead atoms. The molecule has 1 rings (SSSR count). The third kappa shape index (κ3) is 3.20. The highest BCUT2D eigenvalue weighted by molar-refractivity contribution is 6.30. The van der Waals surface area contributed by atoms with Crippen molar-refractivity contribution >= 4 is 11.6 Å². The fraction of sp³-hybridized carbons (Fsp3) is 0.455. The zero-order valence-electron chi connectivity index (χ0n) is 8.46. The Labute approximate surface area is 89.5 Å². The molecule has 0 saturated carbocycles. The van der Waals surface area contributed by atoms with E-state index in [-0.39, 0.29) is 0 Å². The van der Waals surface area contributed by atoms with Crippen LogP contribution in [0.5, 0.6) is 5.75 Å². The van der Waals surface area contributed by atoms with Gasteiger partial charge in [-0.3, -0.25) is 0 Å². The van der Waals surface area contributed by atoms with E-state index in [1.54, 1.807) is 12.1 Å². The van der Waals surface area contributed by atoms with Crippen molar-refractivity contribution in [3.8, 4) is 5.75 Å². The van der Waals surface area contributed by atoms with Gasteiger partial charge in [0.05, 0.1) is 0 Å². The second-order valence-corrected chi connectivity index (χ2v) is 3.71. The lowest BCUT2D eigenvalue weighted by Crippen LogP contribution is -2.15. The van der Waals surface area contributed by atoms with Crippen molar-refractivity contribution in [3.05, 3.63) is 28.8 Å². The molecule has 0 aliphatic carbocycles. The number of hydrogen-bond donors (Lipinski definition) is 1. The number of halogens is 1. The fourth-order valence-electron chi connectivity index (χ4n) is 1.20. The summed E-state index contributed by atoms with van der Waals surface area (Å²) in [6.07, 6.45) is 0.815. The second-order valence-electron chi connectivity index (χ2n) is 3.27. The summed E-state index contributed by atoms with van der Waals surface area (Å²) in [6.45, 7) is 3.90. The Balaban J connectivity index is 2.67. The van der Waals surface area contributed by atoms with Crippen LogP contribution in [0.15, 0.2) is 18.2 Å². The average molecular weight is 215 g/mol. The van der Waals surface area contributed by atoms with E-state index in [2.05, 4.69) is 0 Å². The summed E-state index contributed by atoms with van der Waals surface area (Å²) in [4.78, 5) is 0. The first-order valence-corrected chi connectivity index (χ1v) is 5.12. The number of aryl methyl sites for hydroxylation is 1. The van der Waals surface area contributed by atoms with Gasteiger partial charge in [-0.1, -0.05) is 24.9 Å². The van der Waals surface area contributed by atoms with Crippen LogP contribution >= 0.6 is 11.6 Å². The molecule has 0 fully saturated rings. The number of ether oxygens (including phenoxy) is 1. The Hall–Kier alpha value is -0.730. The van der Waals surface area contributed by atoms with E-state index in [0.717, 1.165) is 12.0 Å². The minimum atomic E-state index is -0.722. The molecule has 0 aliphatic heterocycles. The molecule has 1 atom stereocenters. The molecule has 0 amide bonds. The van der Waals surface area contributed by atoms with Gasteiger partial charge in [0.25, 0.3) is 0 Å². The van der Waals surface area contributed by atoms with E-state index >= 15 is 0 Å². The average Bonchev–Trinajstić information content (AvgIpc) is 2.10. The molecule has 14 heavy (non-hydrogen) atoms. The van der Waals surface area contributed by atoms with E-state index in [9.17, 15) is 5.11 Å². The minimum absolute atomic E-state index is 0.641. The van der Waals surface area contributed by atoms with Gasteiger partial charge in [-0.25, -0.2) is 0 Å². The Morgan fingerprint density at radius 3 is 2.79 bits per heavy atom. The predicted molar refractivity (Wildman–Crippen MR) is 57.7 cm³/mol. The molecule has 0 radical (unpaired) electrons. The Morgan fingerprint density at radius 1 is 1.50 bits per heavy atom. The normalized spacial score (nSPS) is 12.6. The van der Waals surface area contributed by atoms with E-state index in [0.29, 0.717) is 17.2 Å².